The molecule has 3 aromatic rings. The number of rotatable bonds is 9. The first-order valence-corrected chi connectivity index (χ1v) is 9.29. The van der Waals surface area contributed by atoms with Crippen LogP contribution in [0.1, 0.15) is 11.1 Å². The number of nitrogens with one attached hydrogen (secondary N) is 3. The van der Waals surface area contributed by atoms with Crippen LogP contribution in [0.25, 0.3) is 0 Å². The summed E-state index contributed by atoms with van der Waals surface area (Å²) < 4.78 is 5.11. The Bertz CT molecular complexity index is 929. The van der Waals surface area contributed by atoms with Crippen molar-refractivity contribution >= 4 is 23.4 Å². The van der Waals surface area contributed by atoms with Gasteiger partial charge in [-0.25, -0.2) is 4.98 Å². The van der Waals surface area contributed by atoms with E-state index in [0.29, 0.717) is 31.1 Å². The lowest BCUT2D eigenvalue weighted by Crippen LogP contribution is -2.30. The van der Waals surface area contributed by atoms with Gasteiger partial charge in [-0.15, -0.1) is 10.2 Å². The van der Waals surface area contributed by atoms with Crippen LogP contribution in [0.5, 0.6) is 5.75 Å². The topological polar surface area (TPSA) is 101 Å². The van der Waals surface area contributed by atoms with Crippen LogP contribution in [0.15, 0.2) is 54.7 Å². The zero-order valence-electron chi connectivity index (χ0n) is 16.5. The zero-order valence-corrected chi connectivity index (χ0v) is 16.5. The molecular weight excluding hydrogens is 368 g/mol. The fourth-order valence-corrected chi connectivity index (χ4v) is 2.61. The molecule has 150 valence electrons. The van der Waals surface area contributed by atoms with Crippen LogP contribution in [0, 0.1) is 6.92 Å². The highest BCUT2D eigenvalue weighted by Gasteiger charge is 2.04. The second-order valence-corrected chi connectivity index (χ2v) is 6.45. The van der Waals surface area contributed by atoms with Crippen LogP contribution in [-0.2, 0) is 11.2 Å². The fourth-order valence-electron chi connectivity index (χ4n) is 2.61. The van der Waals surface area contributed by atoms with E-state index >= 15 is 0 Å². The number of hydrogen-bond acceptors (Lipinski definition) is 7. The Kier molecular flexibility index (Phi) is 6.94. The first kappa shape index (κ1) is 20.1. The van der Waals surface area contributed by atoms with Crippen molar-refractivity contribution in [3.8, 4) is 5.75 Å². The third-order valence-corrected chi connectivity index (χ3v) is 4.11. The molecule has 0 radical (unpaired) electrons. The van der Waals surface area contributed by atoms with Gasteiger partial charge in [0, 0.05) is 19.3 Å². The summed E-state index contributed by atoms with van der Waals surface area (Å²) in [7, 11) is 1.62. The van der Waals surface area contributed by atoms with E-state index in [1.165, 1.54) is 0 Å². The van der Waals surface area contributed by atoms with Crippen LogP contribution in [-0.4, -0.2) is 41.3 Å². The zero-order chi connectivity index (χ0) is 20.5. The van der Waals surface area contributed by atoms with E-state index in [4.69, 9.17) is 4.74 Å². The van der Waals surface area contributed by atoms with Gasteiger partial charge in [0.05, 0.1) is 13.5 Å². The SMILES string of the molecule is COc1ccc(CC(=O)NCCNc2ccc(Nc3cc(C)ccn3)nn2)cc1. The van der Waals surface area contributed by atoms with Crippen molar-refractivity contribution in [2.75, 3.05) is 30.8 Å². The second kappa shape index (κ2) is 10.0. The van der Waals surface area contributed by atoms with Gasteiger partial charge < -0.3 is 20.7 Å². The third-order valence-electron chi connectivity index (χ3n) is 4.11. The minimum absolute atomic E-state index is 0.0340. The summed E-state index contributed by atoms with van der Waals surface area (Å²) in [5, 5.41) is 17.4. The number of nitrogens with zero attached hydrogens (tertiary/aromatic N) is 3. The Labute approximate surface area is 169 Å². The Morgan fingerprint density at radius 3 is 2.41 bits per heavy atom. The lowest BCUT2D eigenvalue weighted by Gasteiger charge is -2.09. The largest absolute Gasteiger partial charge is 0.497 e. The number of aromatic nitrogens is 3. The molecule has 0 spiro atoms. The molecule has 0 atom stereocenters. The van der Waals surface area contributed by atoms with Gasteiger partial charge in [0.2, 0.25) is 5.91 Å². The Hall–Kier alpha value is -3.68. The number of benzene rings is 1. The van der Waals surface area contributed by atoms with Crippen molar-refractivity contribution in [2.24, 2.45) is 0 Å². The number of aryl methyl sites for hydroxylation is 1. The normalized spacial score (nSPS) is 10.3. The van der Waals surface area contributed by atoms with E-state index in [1.54, 1.807) is 13.3 Å². The highest BCUT2D eigenvalue weighted by Crippen LogP contribution is 2.13. The molecule has 2 aromatic heterocycles. The van der Waals surface area contributed by atoms with Crippen molar-refractivity contribution in [3.63, 3.8) is 0 Å². The lowest BCUT2D eigenvalue weighted by atomic mass is 10.1. The summed E-state index contributed by atoms with van der Waals surface area (Å²) >= 11 is 0. The van der Waals surface area contributed by atoms with Gasteiger partial charge in [-0.2, -0.15) is 0 Å². The monoisotopic (exact) mass is 392 g/mol. The molecule has 3 N–H and O–H groups in total. The van der Waals surface area contributed by atoms with Gasteiger partial charge in [0.25, 0.3) is 0 Å². The van der Waals surface area contributed by atoms with Gasteiger partial charge in [-0.1, -0.05) is 12.1 Å². The minimum atomic E-state index is -0.0340. The average Bonchev–Trinajstić information content (AvgIpc) is 2.73. The highest BCUT2D eigenvalue weighted by atomic mass is 16.5. The molecule has 0 unspecified atom stereocenters. The molecule has 0 aliphatic rings. The number of hydrogen-bond donors (Lipinski definition) is 3. The standard InChI is InChI=1S/C21H24N6O2/c1-15-9-10-22-20(13-15)25-19-8-7-18(26-27-19)23-11-12-24-21(28)14-16-3-5-17(29-2)6-4-16/h3-10,13H,11-12,14H2,1-2H3,(H,23,26)(H,24,28)(H,22,25,27). The number of carbonyl (C=O) groups is 1. The first-order valence-electron chi connectivity index (χ1n) is 9.29. The number of amides is 1. The fraction of sp³-hybridized carbons (Fsp3) is 0.238. The van der Waals surface area contributed by atoms with E-state index < -0.39 is 0 Å². The van der Waals surface area contributed by atoms with E-state index in [0.717, 1.165) is 22.7 Å². The number of anilines is 3. The van der Waals surface area contributed by atoms with Gasteiger partial charge in [-0.05, 0) is 54.4 Å². The molecule has 8 nitrogen and oxygen atoms in total. The van der Waals surface area contributed by atoms with Gasteiger partial charge in [-0.3, -0.25) is 4.79 Å². The average molecular weight is 392 g/mol. The van der Waals surface area contributed by atoms with Crippen LogP contribution >= 0.6 is 0 Å². The molecule has 8 heteroatoms. The van der Waals surface area contributed by atoms with E-state index in [9.17, 15) is 4.79 Å². The summed E-state index contributed by atoms with van der Waals surface area (Å²) in [5.74, 6) is 2.71. The molecular formula is C21H24N6O2. The quantitative estimate of drug-likeness (QED) is 0.481. The van der Waals surface area contributed by atoms with Crippen molar-refractivity contribution in [1.82, 2.24) is 20.5 Å². The van der Waals surface area contributed by atoms with Gasteiger partial charge in [0.1, 0.15) is 17.4 Å². The van der Waals surface area contributed by atoms with Crippen molar-refractivity contribution in [3.05, 3.63) is 65.9 Å². The summed E-state index contributed by atoms with van der Waals surface area (Å²) in [6.07, 6.45) is 2.07. The van der Waals surface area contributed by atoms with Crippen LogP contribution in [0.2, 0.25) is 0 Å². The smallest absolute Gasteiger partial charge is 0.224 e. The molecule has 0 fully saturated rings. The maximum atomic E-state index is 12.0. The molecule has 1 amide bonds. The number of methoxy groups -OCH3 is 1. The molecule has 2 heterocycles. The Morgan fingerprint density at radius 1 is 0.966 bits per heavy atom. The minimum Gasteiger partial charge on any atom is -0.497 e. The molecule has 3 rings (SSSR count). The molecule has 0 aliphatic carbocycles. The molecule has 0 bridgehead atoms. The van der Waals surface area contributed by atoms with E-state index in [2.05, 4.69) is 31.1 Å². The number of carbonyl (C=O) groups excluding carboxylic acids is 1. The van der Waals surface area contributed by atoms with Gasteiger partial charge >= 0.3 is 0 Å². The lowest BCUT2D eigenvalue weighted by molar-refractivity contribution is -0.120. The van der Waals surface area contributed by atoms with Crippen molar-refractivity contribution in [2.45, 2.75) is 13.3 Å². The summed E-state index contributed by atoms with van der Waals surface area (Å²) in [6, 6.07) is 15.0. The van der Waals surface area contributed by atoms with Crippen LogP contribution in [0.4, 0.5) is 17.5 Å². The Morgan fingerprint density at radius 2 is 1.72 bits per heavy atom. The van der Waals surface area contributed by atoms with E-state index in [-0.39, 0.29) is 5.91 Å². The van der Waals surface area contributed by atoms with Crippen LogP contribution < -0.4 is 20.7 Å². The summed E-state index contributed by atoms with van der Waals surface area (Å²) in [6.45, 7) is 3.04. The first-order chi connectivity index (χ1) is 14.1. The Balaban J connectivity index is 1.38. The third kappa shape index (κ3) is 6.46. The van der Waals surface area contributed by atoms with Gasteiger partial charge in [0.15, 0.2) is 5.82 Å². The van der Waals surface area contributed by atoms with Crippen molar-refractivity contribution in [1.29, 1.82) is 0 Å². The van der Waals surface area contributed by atoms with E-state index in [1.807, 2.05) is 55.5 Å². The molecule has 0 saturated carbocycles. The number of pyridine rings is 1. The number of ether oxygens (including phenoxy) is 1. The second-order valence-electron chi connectivity index (χ2n) is 6.45. The predicted octanol–water partition coefficient (Wildman–Crippen LogP) is 2.70. The maximum absolute atomic E-state index is 12.0. The molecule has 1 aromatic carbocycles. The van der Waals surface area contributed by atoms with Crippen molar-refractivity contribution < 1.29 is 9.53 Å². The van der Waals surface area contributed by atoms with Crippen LogP contribution in [0.3, 0.4) is 0 Å². The molecule has 0 saturated heterocycles. The maximum Gasteiger partial charge on any atom is 0.224 e. The predicted molar refractivity (Wildman–Crippen MR) is 112 cm³/mol. The molecule has 0 aliphatic heterocycles. The summed E-state index contributed by atoms with van der Waals surface area (Å²) in [4.78, 5) is 16.2. The molecule has 29 heavy (non-hydrogen) atoms. The highest BCUT2D eigenvalue weighted by molar-refractivity contribution is 5.78. The summed E-state index contributed by atoms with van der Waals surface area (Å²) in [5.41, 5.74) is 2.05.